The van der Waals surface area contributed by atoms with E-state index in [4.69, 9.17) is 0 Å². The molecule has 0 spiro atoms. The first-order valence-corrected chi connectivity index (χ1v) is 14.2. The molecule has 0 saturated heterocycles. The summed E-state index contributed by atoms with van der Waals surface area (Å²) in [6.45, 7) is 2.24. The van der Waals surface area contributed by atoms with Crippen LogP contribution in [0.3, 0.4) is 0 Å². The van der Waals surface area contributed by atoms with Gasteiger partial charge in [-0.1, -0.05) is 145 Å². The number of aliphatic hydroxyl groups excluding tert-OH is 2. The van der Waals surface area contributed by atoms with Crippen molar-refractivity contribution in [3.63, 3.8) is 0 Å². The second kappa shape index (κ2) is 17.2. The van der Waals surface area contributed by atoms with Crippen molar-refractivity contribution in [1.82, 2.24) is 0 Å². The second-order valence-electron chi connectivity index (χ2n) is 10.3. The van der Waals surface area contributed by atoms with E-state index in [-0.39, 0.29) is 11.1 Å². The molecular formula is C32H46O5. The van der Waals surface area contributed by atoms with Crippen LogP contribution < -0.4 is 0 Å². The van der Waals surface area contributed by atoms with Gasteiger partial charge in [0.2, 0.25) is 11.6 Å². The van der Waals surface area contributed by atoms with Crippen molar-refractivity contribution in [3.05, 3.63) is 71.8 Å². The van der Waals surface area contributed by atoms with Gasteiger partial charge in [-0.3, -0.25) is 9.59 Å². The largest absolute Gasteiger partial charge is 0.390 e. The van der Waals surface area contributed by atoms with Gasteiger partial charge >= 0.3 is 0 Å². The van der Waals surface area contributed by atoms with Crippen LogP contribution in [-0.4, -0.2) is 44.7 Å². The molecule has 37 heavy (non-hydrogen) atoms. The maximum Gasteiger partial charge on any atom is 0.202 e. The molecule has 2 aromatic carbocycles. The number of rotatable bonds is 20. The van der Waals surface area contributed by atoms with Crippen LogP contribution in [0.5, 0.6) is 0 Å². The molecule has 0 bridgehead atoms. The minimum Gasteiger partial charge on any atom is -0.390 e. The SMILES string of the molecule is CCCCCCCCCCCCCCC(O)C(O)CC(O)(C(=O)c1ccccc1)C(=O)c1ccccc1. The molecule has 2 rings (SSSR count). The van der Waals surface area contributed by atoms with Gasteiger partial charge in [0.05, 0.1) is 12.2 Å². The molecule has 3 N–H and O–H groups in total. The quantitative estimate of drug-likeness (QED) is 0.105. The molecule has 0 amide bonds. The lowest BCUT2D eigenvalue weighted by molar-refractivity contribution is -0.0355. The number of carbonyl (C=O) groups excluding carboxylic acids is 2. The fourth-order valence-corrected chi connectivity index (χ4v) is 4.77. The van der Waals surface area contributed by atoms with E-state index < -0.39 is 35.8 Å². The zero-order valence-corrected chi connectivity index (χ0v) is 22.5. The summed E-state index contributed by atoms with van der Waals surface area (Å²) in [6, 6.07) is 16.2. The van der Waals surface area contributed by atoms with E-state index in [1.165, 1.54) is 82.1 Å². The van der Waals surface area contributed by atoms with E-state index in [2.05, 4.69) is 6.92 Å². The highest BCUT2D eigenvalue weighted by Crippen LogP contribution is 2.27. The van der Waals surface area contributed by atoms with E-state index in [1.807, 2.05) is 0 Å². The summed E-state index contributed by atoms with van der Waals surface area (Å²) in [5.41, 5.74) is -2.12. The van der Waals surface area contributed by atoms with Crippen molar-refractivity contribution >= 4 is 11.6 Å². The topological polar surface area (TPSA) is 94.8 Å². The van der Waals surface area contributed by atoms with Gasteiger partial charge in [0.15, 0.2) is 5.60 Å². The molecule has 0 aliphatic heterocycles. The summed E-state index contributed by atoms with van der Waals surface area (Å²) in [6.07, 6.45) is 11.7. The average molecular weight is 511 g/mol. The number of ketones is 2. The van der Waals surface area contributed by atoms with E-state index >= 15 is 0 Å². The first-order chi connectivity index (χ1) is 17.9. The lowest BCUT2D eigenvalue weighted by atomic mass is 9.80. The van der Waals surface area contributed by atoms with Gasteiger partial charge in [0, 0.05) is 17.5 Å². The minimum absolute atomic E-state index is 0.178. The number of benzene rings is 2. The number of carbonyl (C=O) groups is 2. The third-order valence-electron chi connectivity index (χ3n) is 7.13. The molecule has 0 aliphatic rings. The molecule has 204 valence electrons. The normalized spacial score (nSPS) is 13.3. The van der Waals surface area contributed by atoms with Gasteiger partial charge in [-0.25, -0.2) is 0 Å². The second-order valence-corrected chi connectivity index (χ2v) is 10.3. The fourth-order valence-electron chi connectivity index (χ4n) is 4.77. The Kier molecular flexibility index (Phi) is 14.4. The van der Waals surface area contributed by atoms with Crippen LogP contribution in [0.25, 0.3) is 0 Å². The lowest BCUT2D eigenvalue weighted by Crippen LogP contribution is -2.51. The predicted molar refractivity (Wildman–Crippen MR) is 149 cm³/mol. The van der Waals surface area contributed by atoms with Crippen molar-refractivity contribution < 1.29 is 24.9 Å². The van der Waals surface area contributed by atoms with Crippen LogP contribution >= 0.6 is 0 Å². The van der Waals surface area contributed by atoms with E-state index in [0.717, 1.165) is 19.3 Å². The highest BCUT2D eigenvalue weighted by atomic mass is 16.3. The van der Waals surface area contributed by atoms with Crippen LogP contribution in [0.2, 0.25) is 0 Å². The van der Waals surface area contributed by atoms with Gasteiger partial charge in [0.25, 0.3) is 0 Å². The molecule has 2 aromatic rings. The van der Waals surface area contributed by atoms with Crippen LogP contribution in [0.4, 0.5) is 0 Å². The molecule has 2 atom stereocenters. The highest BCUT2D eigenvalue weighted by molar-refractivity contribution is 6.22. The minimum atomic E-state index is -2.47. The average Bonchev–Trinajstić information content (AvgIpc) is 2.93. The predicted octanol–water partition coefficient (Wildman–Crippen LogP) is 6.69. The third-order valence-corrected chi connectivity index (χ3v) is 7.13. The van der Waals surface area contributed by atoms with Gasteiger partial charge in [-0.05, 0) is 6.42 Å². The van der Waals surface area contributed by atoms with Gasteiger partial charge in [0.1, 0.15) is 0 Å². The number of aliphatic hydroxyl groups is 3. The number of unbranched alkanes of at least 4 members (excludes halogenated alkanes) is 11. The van der Waals surface area contributed by atoms with Crippen LogP contribution in [-0.2, 0) is 0 Å². The Bertz CT molecular complexity index is 844. The maximum absolute atomic E-state index is 13.2. The molecule has 5 nitrogen and oxygen atoms in total. The molecule has 0 heterocycles. The summed E-state index contributed by atoms with van der Waals surface area (Å²) in [7, 11) is 0. The molecule has 0 radical (unpaired) electrons. The van der Waals surface area contributed by atoms with Crippen molar-refractivity contribution in [2.45, 2.75) is 115 Å². The first kappa shape index (κ1) is 30.9. The monoisotopic (exact) mass is 510 g/mol. The van der Waals surface area contributed by atoms with Gasteiger partial charge < -0.3 is 15.3 Å². The number of hydrogen-bond donors (Lipinski definition) is 3. The summed E-state index contributed by atoms with van der Waals surface area (Å²) < 4.78 is 0. The standard InChI is InChI=1S/C32H46O5/c1-2-3-4-5-6-7-8-9-10-11-12-19-24-28(33)29(34)25-32(37,30(35)26-20-15-13-16-21-26)31(36)27-22-17-14-18-23-27/h13-18,20-23,28-29,33-34,37H,2-12,19,24-25H2,1H3. The van der Waals surface area contributed by atoms with Crippen LogP contribution in [0.15, 0.2) is 60.7 Å². The van der Waals surface area contributed by atoms with E-state index in [0.29, 0.717) is 6.42 Å². The van der Waals surface area contributed by atoms with Crippen molar-refractivity contribution in [2.24, 2.45) is 0 Å². The third kappa shape index (κ3) is 10.5. The van der Waals surface area contributed by atoms with Crippen molar-refractivity contribution in [1.29, 1.82) is 0 Å². The molecule has 2 unspecified atom stereocenters. The zero-order chi connectivity index (χ0) is 26.9. The molecule has 0 saturated carbocycles. The number of hydrogen-bond acceptors (Lipinski definition) is 5. The molecule has 5 heteroatoms. The first-order valence-electron chi connectivity index (χ1n) is 14.2. The Labute approximate surface area is 222 Å². The molecule has 0 fully saturated rings. The van der Waals surface area contributed by atoms with Gasteiger partial charge in [-0.15, -0.1) is 0 Å². The van der Waals surface area contributed by atoms with Crippen LogP contribution in [0.1, 0.15) is 118 Å². The fraction of sp³-hybridized carbons (Fsp3) is 0.562. The summed E-state index contributed by atoms with van der Waals surface area (Å²) in [5, 5.41) is 32.6. The smallest absolute Gasteiger partial charge is 0.202 e. The van der Waals surface area contributed by atoms with Crippen LogP contribution in [0, 0.1) is 0 Å². The number of Topliss-reactive ketones (excluding diaryl/α,β-unsaturated/α-hetero) is 2. The van der Waals surface area contributed by atoms with E-state index in [1.54, 1.807) is 36.4 Å². The summed E-state index contributed by atoms with van der Waals surface area (Å²) >= 11 is 0. The summed E-state index contributed by atoms with van der Waals surface area (Å²) in [5.74, 6) is -1.56. The zero-order valence-electron chi connectivity index (χ0n) is 22.5. The van der Waals surface area contributed by atoms with Gasteiger partial charge in [-0.2, -0.15) is 0 Å². The summed E-state index contributed by atoms with van der Waals surface area (Å²) in [4.78, 5) is 26.5. The molecule has 0 aromatic heterocycles. The highest BCUT2D eigenvalue weighted by Gasteiger charge is 2.46. The van der Waals surface area contributed by atoms with Crippen molar-refractivity contribution in [2.75, 3.05) is 0 Å². The maximum atomic E-state index is 13.2. The lowest BCUT2D eigenvalue weighted by Gasteiger charge is -2.29. The Morgan fingerprint density at radius 2 is 1.00 bits per heavy atom. The Morgan fingerprint density at radius 1 is 0.622 bits per heavy atom. The molecule has 0 aliphatic carbocycles. The molecular weight excluding hydrogens is 464 g/mol. The van der Waals surface area contributed by atoms with Crippen molar-refractivity contribution in [3.8, 4) is 0 Å². The Morgan fingerprint density at radius 3 is 1.41 bits per heavy atom. The Hall–Kier alpha value is -2.34. The Balaban J connectivity index is 1.82. The van der Waals surface area contributed by atoms with E-state index in [9.17, 15) is 24.9 Å².